The molecule has 2 unspecified atom stereocenters. The van der Waals surface area contributed by atoms with Crippen LogP contribution in [0.5, 0.6) is 0 Å². The Kier molecular flexibility index (Phi) is 7.22. The predicted molar refractivity (Wildman–Crippen MR) is 234 cm³/mol. The molecule has 3 aromatic heterocycles. The Morgan fingerprint density at radius 3 is 1.82 bits per heavy atom. The molecule has 0 N–H and O–H groups in total. The highest BCUT2D eigenvalue weighted by molar-refractivity contribution is 8.00. The average molecular weight is 749 g/mol. The van der Waals surface area contributed by atoms with Gasteiger partial charge in [-0.05, 0) is 53.6 Å². The fourth-order valence-electron chi connectivity index (χ4n) is 8.78. The van der Waals surface area contributed by atoms with Gasteiger partial charge in [0, 0.05) is 60.3 Å². The van der Waals surface area contributed by atoms with Gasteiger partial charge in [0.1, 0.15) is 11.2 Å². The lowest BCUT2D eigenvalue weighted by Crippen LogP contribution is -2.17. The number of furan rings is 1. The van der Waals surface area contributed by atoms with Gasteiger partial charge in [-0.15, -0.1) is 11.8 Å². The maximum absolute atomic E-state index is 6.80. The van der Waals surface area contributed by atoms with Crippen molar-refractivity contribution in [3.8, 4) is 45.3 Å². The molecule has 2 atom stereocenters. The molecule has 12 rings (SSSR count). The molecule has 1 aliphatic carbocycles. The zero-order chi connectivity index (χ0) is 37.5. The highest BCUT2D eigenvalue weighted by Gasteiger charge is 2.37. The summed E-state index contributed by atoms with van der Waals surface area (Å²) in [7, 11) is 0. The van der Waals surface area contributed by atoms with Crippen LogP contribution in [0.3, 0.4) is 0 Å². The molecule has 5 nitrogen and oxygen atoms in total. The molecule has 0 saturated heterocycles. The normalized spacial score (nSPS) is 16.0. The standard InChI is InChI=1S/C51H32N4OS/c1-3-13-31(14-4-1)49-52-50(32-15-5-2-6-16-32)54-51(53-49)34-25-27-38-39-20-11-19-35(47(39)56-45(38)30-34)33-26-28-46-41(29-33)40-21-12-24-44(48(40)57-46)55-42-22-9-7-17-36(42)37-18-8-10-23-43(37)55/h1-30,40,48H. The zero-order valence-corrected chi connectivity index (χ0v) is 31.4. The lowest BCUT2D eigenvalue weighted by Gasteiger charge is -2.25. The zero-order valence-electron chi connectivity index (χ0n) is 30.6. The number of fused-ring (bicyclic) bond motifs is 9. The average Bonchev–Trinajstić information content (AvgIpc) is 3.96. The van der Waals surface area contributed by atoms with E-state index in [1.165, 1.54) is 38.0 Å². The Morgan fingerprint density at radius 1 is 0.509 bits per heavy atom. The third kappa shape index (κ3) is 5.14. The summed E-state index contributed by atoms with van der Waals surface area (Å²) in [5, 5.41) is 4.98. The first-order valence-corrected chi connectivity index (χ1v) is 20.1. The fraction of sp³-hybridized carbons (Fsp3) is 0.0392. The van der Waals surface area contributed by atoms with Gasteiger partial charge in [-0.3, -0.25) is 0 Å². The molecular formula is C51H32N4OS. The summed E-state index contributed by atoms with van der Waals surface area (Å²) >= 11 is 1.97. The lowest BCUT2D eigenvalue weighted by molar-refractivity contribution is 0.670. The van der Waals surface area contributed by atoms with Gasteiger partial charge in [-0.2, -0.15) is 0 Å². The van der Waals surface area contributed by atoms with Crippen LogP contribution < -0.4 is 0 Å². The maximum atomic E-state index is 6.80. The summed E-state index contributed by atoms with van der Waals surface area (Å²) in [6.07, 6.45) is 6.94. The van der Waals surface area contributed by atoms with Gasteiger partial charge in [0.25, 0.3) is 0 Å². The van der Waals surface area contributed by atoms with E-state index in [4.69, 9.17) is 19.4 Å². The molecule has 268 valence electrons. The van der Waals surface area contributed by atoms with Crippen LogP contribution in [0, 0.1) is 0 Å². The van der Waals surface area contributed by atoms with Crippen LogP contribution in [-0.2, 0) is 0 Å². The number of para-hydroxylation sites is 3. The molecule has 2 aliphatic rings. The van der Waals surface area contributed by atoms with Crippen LogP contribution in [0.4, 0.5) is 0 Å². The van der Waals surface area contributed by atoms with Crippen molar-refractivity contribution in [1.29, 1.82) is 0 Å². The topological polar surface area (TPSA) is 56.7 Å². The minimum absolute atomic E-state index is 0.254. The number of benzene rings is 7. The van der Waals surface area contributed by atoms with Crippen LogP contribution >= 0.6 is 11.8 Å². The molecule has 0 saturated carbocycles. The first-order chi connectivity index (χ1) is 28.2. The van der Waals surface area contributed by atoms with E-state index in [2.05, 4.69) is 126 Å². The Labute approximate surface area is 332 Å². The molecule has 0 radical (unpaired) electrons. The summed E-state index contributed by atoms with van der Waals surface area (Å²) in [5.41, 5.74) is 11.8. The summed E-state index contributed by atoms with van der Waals surface area (Å²) in [4.78, 5) is 16.1. The first-order valence-electron chi connectivity index (χ1n) is 19.3. The summed E-state index contributed by atoms with van der Waals surface area (Å²) in [6, 6.07) is 57.4. The molecule has 7 aromatic carbocycles. The minimum atomic E-state index is 0.254. The quantitative estimate of drug-likeness (QED) is 0.175. The molecule has 10 aromatic rings. The summed E-state index contributed by atoms with van der Waals surface area (Å²) < 4.78 is 9.28. The number of rotatable bonds is 5. The largest absolute Gasteiger partial charge is 0.455 e. The number of allylic oxidation sites excluding steroid dienone is 3. The van der Waals surface area contributed by atoms with Crippen molar-refractivity contribution in [2.75, 3.05) is 0 Å². The van der Waals surface area contributed by atoms with Crippen LogP contribution in [0.2, 0.25) is 0 Å². The number of thioether (sulfide) groups is 1. The van der Waals surface area contributed by atoms with E-state index in [1.54, 1.807) is 0 Å². The Balaban J connectivity index is 0.930. The summed E-state index contributed by atoms with van der Waals surface area (Å²) in [6.45, 7) is 0. The van der Waals surface area contributed by atoms with Crippen molar-refractivity contribution in [3.63, 3.8) is 0 Å². The van der Waals surface area contributed by atoms with Crippen LogP contribution in [0.1, 0.15) is 11.5 Å². The Hall–Kier alpha value is -7.02. The van der Waals surface area contributed by atoms with Crippen molar-refractivity contribution >= 4 is 61.2 Å². The molecule has 0 spiro atoms. The van der Waals surface area contributed by atoms with E-state index in [-0.39, 0.29) is 11.2 Å². The second-order valence-corrected chi connectivity index (χ2v) is 15.9. The highest BCUT2D eigenvalue weighted by Crippen LogP contribution is 2.54. The molecule has 4 heterocycles. The molecule has 57 heavy (non-hydrogen) atoms. The van der Waals surface area contributed by atoms with Crippen LogP contribution in [0.25, 0.3) is 94.7 Å². The van der Waals surface area contributed by atoms with Crippen molar-refractivity contribution in [2.24, 2.45) is 0 Å². The molecule has 6 heteroatoms. The minimum Gasteiger partial charge on any atom is -0.455 e. The number of aromatic nitrogens is 4. The number of hydrogen-bond acceptors (Lipinski definition) is 5. The van der Waals surface area contributed by atoms with Crippen molar-refractivity contribution in [1.82, 2.24) is 19.5 Å². The third-order valence-corrected chi connectivity index (χ3v) is 12.8. The molecule has 0 fully saturated rings. The van der Waals surface area contributed by atoms with Crippen molar-refractivity contribution < 1.29 is 4.42 Å². The van der Waals surface area contributed by atoms with Gasteiger partial charge in [0.2, 0.25) is 0 Å². The van der Waals surface area contributed by atoms with E-state index in [0.29, 0.717) is 17.5 Å². The van der Waals surface area contributed by atoms with E-state index in [0.717, 1.165) is 49.8 Å². The predicted octanol–water partition coefficient (Wildman–Crippen LogP) is 13.2. The van der Waals surface area contributed by atoms with Gasteiger partial charge >= 0.3 is 0 Å². The van der Waals surface area contributed by atoms with Gasteiger partial charge in [-0.1, -0.05) is 140 Å². The smallest absolute Gasteiger partial charge is 0.164 e. The van der Waals surface area contributed by atoms with E-state index in [9.17, 15) is 0 Å². The van der Waals surface area contributed by atoms with E-state index in [1.807, 2.05) is 72.4 Å². The van der Waals surface area contributed by atoms with Crippen LogP contribution in [-0.4, -0.2) is 24.8 Å². The monoisotopic (exact) mass is 748 g/mol. The van der Waals surface area contributed by atoms with Gasteiger partial charge in [0.05, 0.1) is 16.3 Å². The van der Waals surface area contributed by atoms with Crippen molar-refractivity contribution in [2.45, 2.75) is 16.1 Å². The lowest BCUT2D eigenvalue weighted by atomic mass is 9.88. The van der Waals surface area contributed by atoms with Crippen molar-refractivity contribution in [3.05, 3.63) is 188 Å². The van der Waals surface area contributed by atoms with E-state index >= 15 is 0 Å². The number of hydrogen-bond donors (Lipinski definition) is 0. The maximum Gasteiger partial charge on any atom is 0.164 e. The number of nitrogens with zero attached hydrogens (tertiary/aromatic N) is 4. The second kappa shape index (κ2) is 12.8. The SMILES string of the molecule is C1=CC2c3cc(-c4cccc5c4oc4cc(-c6nc(-c7ccccc7)nc(-c7ccccc7)n6)ccc45)ccc3SC2C(n2c3ccccc3c3ccccc32)=C1. The van der Waals surface area contributed by atoms with Gasteiger partial charge in [-0.25, -0.2) is 15.0 Å². The molecule has 0 amide bonds. The fourth-order valence-corrected chi connectivity index (χ4v) is 10.2. The summed E-state index contributed by atoms with van der Waals surface area (Å²) in [5.74, 6) is 2.12. The first kappa shape index (κ1) is 32.2. The molecule has 1 aliphatic heterocycles. The highest BCUT2D eigenvalue weighted by atomic mass is 32.2. The second-order valence-electron chi connectivity index (χ2n) is 14.7. The Morgan fingerprint density at radius 2 is 1.12 bits per heavy atom. The third-order valence-electron chi connectivity index (χ3n) is 11.4. The van der Waals surface area contributed by atoms with Gasteiger partial charge in [0.15, 0.2) is 17.5 Å². The molecular weight excluding hydrogens is 717 g/mol. The van der Waals surface area contributed by atoms with E-state index < -0.39 is 0 Å². The Bertz CT molecular complexity index is 3180. The van der Waals surface area contributed by atoms with Gasteiger partial charge < -0.3 is 8.98 Å². The molecule has 0 bridgehead atoms. The van der Waals surface area contributed by atoms with Crippen LogP contribution in [0.15, 0.2) is 191 Å².